The molecule has 0 radical (unpaired) electrons. The molecule has 2 amide bonds. The molecule has 0 saturated heterocycles. The zero-order valence-corrected chi connectivity index (χ0v) is 13.1. The van der Waals surface area contributed by atoms with Crippen LogP contribution in [0.1, 0.15) is 18.1 Å². The first kappa shape index (κ1) is 15.8. The van der Waals surface area contributed by atoms with Gasteiger partial charge in [-0.05, 0) is 36.6 Å². The van der Waals surface area contributed by atoms with Crippen molar-refractivity contribution < 1.29 is 9.59 Å². The van der Waals surface area contributed by atoms with Gasteiger partial charge >= 0.3 is 11.8 Å². The number of carbonyl (C=O) groups is 2. The molecule has 22 heavy (non-hydrogen) atoms. The molecule has 0 fully saturated rings. The number of para-hydroxylation sites is 2. The van der Waals surface area contributed by atoms with E-state index < -0.39 is 11.8 Å². The second-order valence-corrected chi connectivity index (χ2v) is 5.12. The summed E-state index contributed by atoms with van der Waals surface area (Å²) in [5.41, 5.74) is 3.37. The van der Waals surface area contributed by atoms with E-state index in [1.165, 1.54) is 4.90 Å². The number of likely N-dealkylation sites (N-methyl/N-ethyl adjacent to an activating group) is 1. The molecule has 2 aromatic carbocycles. The predicted molar refractivity (Wildman–Crippen MR) is 89.0 cm³/mol. The average Bonchev–Trinajstić information content (AvgIpc) is 2.56. The minimum atomic E-state index is -0.629. The molecule has 0 aliphatic rings. The van der Waals surface area contributed by atoms with Crippen LogP contribution in [0, 0.1) is 6.92 Å². The maximum atomic E-state index is 12.3. The van der Waals surface area contributed by atoms with Crippen LogP contribution in [-0.4, -0.2) is 18.9 Å². The van der Waals surface area contributed by atoms with Gasteiger partial charge in [-0.2, -0.15) is 0 Å². The largest absolute Gasteiger partial charge is 0.317 e. The van der Waals surface area contributed by atoms with E-state index >= 15 is 0 Å². The topological polar surface area (TPSA) is 49.4 Å². The molecule has 4 heteroatoms. The van der Waals surface area contributed by atoms with Crippen molar-refractivity contribution >= 4 is 23.2 Å². The molecule has 114 valence electrons. The SMILES string of the molecule is CCc1cccc(C)c1NC(=O)C(=O)N(C)c1ccccc1. The quantitative estimate of drug-likeness (QED) is 0.885. The lowest BCUT2D eigenvalue weighted by atomic mass is 10.1. The van der Waals surface area contributed by atoms with E-state index in [2.05, 4.69) is 5.32 Å². The summed E-state index contributed by atoms with van der Waals surface area (Å²) in [5.74, 6) is -1.22. The van der Waals surface area contributed by atoms with Gasteiger partial charge in [-0.1, -0.05) is 43.3 Å². The van der Waals surface area contributed by atoms with Crippen molar-refractivity contribution in [2.24, 2.45) is 0 Å². The predicted octanol–water partition coefficient (Wildman–Crippen LogP) is 3.16. The first-order chi connectivity index (χ1) is 10.5. The lowest BCUT2D eigenvalue weighted by molar-refractivity contribution is -0.134. The molecule has 0 atom stereocenters. The van der Waals surface area contributed by atoms with Gasteiger partial charge in [0.1, 0.15) is 0 Å². The fourth-order valence-corrected chi connectivity index (χ4v) is 2.29. The fraction of sp³-hybridized carbons (Fsp3) is 0.222. The zero-order chi connectivity index (χ0) is 16.1. The van der Waals surface area contributed by atoms with Crippen molar-refractivity contribution in [3.8, 4) is 0 Å². The lowest BCUT2D eigenvalue weighted by Crippen LogP contribution is -2.37. The number of hydrogen-bond donors (Lipinski definition) is 1. The third-order valence-electron chi connectivity index (χ3n) is 3.62. The summed E-state index contributed by atoms with van der Waals surface area (Å²) < 4.78 is 0. The maximum Gasteiger partial charge on any atom is 0.316 e. The van der Waals surface area contributed by atoms with Crippen molar-refractivity contribution in [2.75, 3.05) is 17.3 Å². The first-order valence-corrected chi connectivity index (χ1v) is 7.27. The molecule has 0 heterocycles. The van der Waals surface area contributed by atoms with Crippen LogP contribution in [0.5, 0.6) is 0 Å². The summed E-state index contributed by atoms with van der Waals surface area (Å²) in [6.07, 6.45) is 0.792. The van der Waals surface area contributed by atoms with E-state index in [1.54, 1.807) is 19.2 Å². The summed E-state index contributed by atoms with van der Waals surface area (Å²) in [5, 5.41) is 2.75. The number of anilines is 2. The molecule has 2 rings (SSSR count). The molecular formula is C18H20N2O2. The first-order valence-electron chi connectivity index (χ1n) is 7.27. The van der Waals surface area contributed by atoms with Gasteiger partial charge in [-0.15, -0.1) is 0 Å². The normalized spacial score (nSPS) is 10.1. The van der Waals surface area contributed by atoms with Gasteiger partial charge in [-0.25, -0.2) is 0 Å². The van der Waals surface area contributed by atoms with Gasteiger partial charge in [0, 0.05) is 18.4 Å². The molecule has 0 unspecified atom stereocenters. The highest BCUT2D eigenvalue weighted by atomic mass is 16.2. The van der Waals surface area contributed by atoms with Gasteiger partial charge in [0.05, 0.1) is 0 Å². The van der Waals surface area contributed by atoms with E-state index in [0.29, 0.717) is 5.69 Å². The van der Waals surface area contributed by atoms with Gasteiger partial charge in [0.2, 0.25) is 0 Å². The molecule has 0 aliphatic heterocycles. The van der Waals surface area contributed by atoms with Crippen LogP contribution in [0.3, 0.4) is 0 Å². The van der Waals surface area contributed by atoms with Crippen LogP contribution in [0.15, 0.2) is 48.5 Å². The lowest BCUT2D eigenvalue weighted by Gasteiger charge is -2.18. The standard InChI is InChI=1S/C18H20N2O2/c1-4-14-10-8-9-13(2)16(14)19-17(21)18(22)20(3)15-11-6-5-7-12-15/h5-12H,4H2,1-3H3,(H,19,21). The van der Waals surface area contributed by atoms with E-state index in [-0.39, 0.29) is 0 Å². The fourth-order valence-electron chi connectivity index (χ4n) is 2.29. The number of nitrogens with one attached hydrogen (secondary N) is 1. The number of hydrogen-bond acceptors (Lipinski definition) is 2. The molecule has 1 N–H and O–H groups in total. The highest BCUT2D eigenvalue weighted by Crippen LogP contribution is 2.21. The average molecular weight is 296 g/mol. The van der Waals surface area contributed by atoms with Gasteiger partial charge in [0.25, 0.3) is 0 Å². The van der Waals surface area contributed by atoms with E-state index in [4.69, 9.17) is 0 Å². The van der Waals surface area contributed by atoms with Crippen molar-refractivity contribution in [3.05, 3.63) is 59.7 Å². The van der Waals surface area contributed by atoms with Crippen molar-refractivity contribution in [2.45, 2.75) is 20.3 Å². The monoisotopic (exact) mass is 296 g/mol. The molecule has 4 nitrogen and oxygen atoms in total. The molecule has 2 aromatic rings. The third-order valence-corrected chi connectivity index (χ3v) is 3.62. The van der Waals surface area contributed by atoms with E-state index in [9.17, 15) is 9.59 Å². The van der Waals surface area contributed by atoms with Gasteiger partial charge < -0.3 is 10.2 Å². The second kappa shape index (κ2) is 6.89. The van der Waals surface area contributed by atoms with Crippen molar-refractivity contribution in [1.29, 1.82) is 0 Å². The van der Waals surface area contributed by atoms with Crippen LogP contribution < -0.4 is 10.2 Å². The van der Waals surface area contributed by atoms with Crippen molar-refractivity contribution in [3.63, 3.8) is 0 Å². The smallest absolute Gasteiger partial charge is 0.316 e. The number of benzene rings is 2. The minimum absolute atomic E-state index is 0.587. The Morgan fingerprint density at radius 1 is 1.05 bits per heavy atom. The van der Waals surface area contributed by atoms with Gasteiger partial charge in [-0.3, -0.25) is 9.59 Å². The Kier molecular flexibility index (Phi) is 4.94. The van der Waals surface area contributed by atoms with Crippen LogP contribution in [0.2, 0.25) is 0 Å². The summed E-state index contributed by atoms with van der Waals surface area (Å²) in [6.45, 7) is 3.93. The summed E-state index contributed by atoms with van der Waals surface area (Å²) in [6, 6.07) is 14.9. The zero-order valence-electron chi connectivity index (χ0n) is 13.1. The summed E-state index contributed by atoms with van der Waals surface area (Å²) in [4.78, 5) is 25.9. The maximum absolute atomic E-state index is 12.3. The third kappa shape index (κ3) is 3.34. The number of carbonyl (C=O) groups excluding carboxylic acids is 2. The Morgan fingerprint density at radius 3 is 2.36 bits per heavy atom. The van der Waals surface area contributed by atoms with Crippen LogP contribution >= 0.6 is 0 Å². The van der Waals surface area contributed by atoms with Crippen LogP contribution in [0.25, 0.3) is 0 Å². The number of aryl methyl sites for hydroxylation is 2. The highest BCUT2D eigenvalue weighted by molar-refractivity contribution is 6.44. The minimum Gasteiger partial charge on any atom is -0.317 e. The van der Waals surface area contributed by atoms with Crippen LogP contribution in [-0.2, 0) is 16.0 Å². The number of amides is 2. The second-order valence-electron chi connectivity index (χ2n) is 5.12. The highest BCUT2D eigenvalue weighted by Gasteiger charge is 2.21. The van der Waals surface area contributed by atoms with E-state index in [1.807, 2.05) is 50.2 Å². The van der Waals surface area contributed by atoms with Gasteiger partial charge in [0.15, 0.2) is 0 Å². The van der Waals surface area contributed by atoms with E-state index in [0.717, 1.165) is 23.2 Å². The van der Waals surface area contributed by atoms with Crippen molar-refractivity contribution in [1.82, 2.24) is 0 Å². The molecule has 0 spiro atoms. The Bertz CT molecular complexity index is 681. The molecule has 0 aromatic heterocycles. The molecule has 0 bridgehead atoms. The molecule has 0 aliphatic carbocycles. The number of nitrogens with zero attached hydrogens (tertiary/aromatic N) is 1. The Hall–Kier alpha value is -2.62. The molecular weight excluding hydrogens is 276 g/mol. The summed E-state index contributed by atoms with van der Waals surface area (Å²) in [7, 11) is 1.59. The Balaban J connectivity index is 2.18. The summed E-state index contributed by atoms with van der Waals surface area (Å²) >= 11 is 0. The number of rotatable bonds is 3. The van der Waals surface area contributed by atoms with Crippen LogP contribution in [0.4, 0.5) is 11.4 Å². The Labute approximate surface area is 130 Å². The Morgan fingerprint density at radius 2 is 1.73 bits per heavy atom. The molecule has 0 saturated carbocycles.